The Bertz CT molecular complexity index is 395. The van der Waals surface area contributed by atoms with Gasteiger partial charge in [0.25, 0.3) is 0 Å². The Hall–Kier alpha value is -0.980. The fourth-order valence-corrected chi connectivity index (χ4v) is 2.51. The molecule has 0 aromatic heterocycles. The van der Waals surface area contributed by atoms with Crippen molar-refractivity contribution >= 4 is 0 Å². The number of hydrogen-bond donors (Lipinski definition) is 1. The van der Waals surface area contributed by atoms with Crippen LogP contribution in [0.1, 0.15) is 77.0 Å². The van der Waals surface area contributed by atoms with Crippen molar-refractivity contribution < 1.29 is 5.11 Å². The fourth-order valence-electron chi connectivity index (χ4n) is 2.51. The first-order valence-electron chi connectivity index (χ1n) is 6.52. The normalized spacial score (nSPS) is 12.5. The number of aromatic hydroxyl groups is 1. The molecule has 0 saturated carbocycles. The lowest BCUT2D eigenvalue weighted by Crippen LogP contribution is -2.17. The zero-order valence-electron chi connectivity index (χ0n) is 12.3. The molecule has 0 atom stereocenters. The molecular formula is C16H26O. The van der Waals surface area contributed by atoms with Crippen LogP contribution in [0.5, 0.6) is 5.75 Å². The molecule has 1 heteroatoms. The highest BCUT2D eigenvalue weighted by atomic mass is 16.3. The molecule has 1 rings (SSSR count). The van der Waals surface area contributed by atoms with E-state index in [1.807, 2.05) is 6.07 Å². The molecule has 1 N–H and O–H groups in total. The molecule has 0 aliphatic heterocycles. The van der Waals surface area contributed by atoms with E-state index in [1.165, 1.54) is 11.1 Å². The van der Waals surface area contributed by atoms with Crippen molar-refractivity contribution in [3.05, 3.63) is 28.8 Å². The van der Waals surface area contributed by atoms with Crippen LogP contribution < -0.4 is 0 Å². The van der Waals surface area contributed by atoms with Crippen LogP contribution in [0.3, 0.4) is 0 Å². The van der Waals surface area contributed by atoms with Crippen LogP contribution in [0, 0.1) is 0 Å². The quantitative estimate of drug-likeness (QED) is 0.768. The van der Waals surface area contributed by atoms with E-state index in [2.05, 4.69) is 54.5 Å². The van der Waals surface area contributed by atoms with E-state index in [4.69, 9.17) is 0 Å². The summed E-state index contributed by atoms with van der Waals surface area (Å²) in [5.74, 6) is 1.24. The lowest BCUT2D eigenvalue weighted by atomic mass is 9.76. The molecule has 0 unspecified atom stereocenters. The molecule has 96 valence electrons. The van der Waals surface area contributed by atoms with Crippen molar-refractivity contribution in [1.82, 2.24) is 0 Å². The second-order valence-corrected chi connectivity index (χ2v) is 6.52. The Labute approximate surface area is 106 Å². The molecule has 0 heterocycles. The zero-order chi connectivity index (χ0) is 13.4. The third-order valence-electron chi connectivity index (χ3n) is 3.23. The molecule has 17 heavy (non-hydrogen) atoms. The summed E-state index contributed by atoms with van der Waals surface area (Å²) in [7, 11) is 0. The first-order chi connectivity index (χ1) is 7.66. The van der Waals surface area contributed by atoms with Gasteiger partial charge in [-0.1, -0.05) is 54.5 Å². The van der Waals surface area contributed by atoms with Gasteiger partial charge >= 0.3 is 0 Å². The predicted molar refractivity (Wildman–Crippen MR) is 75.0 cm³/mol. The summed E-state index contributed by atoms with van der Waals surface area (Å²) in [6.07, 6.45) is 0. The standard InChI is InChI=1S/C16H26O/c1-10(2)14-12(16(5,6)7)8-9-13(17)15(14)11(3)4/h8-11,17H,1-7H3. The largest absolute Gasteiger partial charge is 0.508 e. The molecule has 0 aliphatic rings. The molecule has 0 bridgehead atoms. The summed E-state index contributed by atoms with van der Waals surface area (Å²) in [4.78, 5) is 0. The van der Waals surface area contributed by atoms with Crippen LogP contribution in [0.4, 0.5) is 0 Å². The van der Waals surface area contributed by atoms with Crippen molar-refractivity contribution in [1.29, 1.82) is 0 Å². The average molecular weight is 234 g/mol. The molecule has 0 fully saturated rings. The summed E-state index contributed by atoms with van der Waals surface area (Å²) in [5.41, 5.74) is 3.92. The molecule has 0 saturated heterocycles. The minimum absolute atomic E-state index is 0.122. The number of rotatable bonds is 2. The van der Waals surface area contributed by atoms with E-state index >= 15 is 0 Å². The lowest BCUT2D eigenvalue weighted by molar-refractivity contribution is 0.460. The zero-order valence-corrected chi connectivity index (χ0v) is 12.3. The molecule has 1 aromatic rings. The Kier molecular flexibility index (Phi) is 3.91. The van der Waals surface area contributed by atoms with Crippen molar-refractivity contribution in [2.24, 2.45) is 0 Å². The molecule has 1 nitrogen and oxygen atoms in total. The fraction of sp³-hybridized carbons (Fsp3) is 0.625. The van der Waals surface area contributed by atoms with Gasteiger partial charge in [0.2, 0.25) is 0 Å². The van der Waals surface area contributed by atoms with Gasteiger partial charge in [0.1, 0.15) is 5.75 Å². The minimum atomic E-state index is 0.122. The van der Waals surface area contributed by atoms with Crippen LogP contribution in [-0.2, 0) is 5.41 Å². The van der Waals surface area contributed by atoms with Crippen LogP contribution in [-0.4, -0.2) is 5.11 Å². The van der Waals surface area contributed by atoms with Gasteiger partial charge in [0, 0.05) is 5.56 Å². The first-order valence-corrected chi connectivity index (χ1v) is 6.52. The summed E-state index contributed by atoms with van der Waals surface area (Å²) >= 11 is 0. The maximum Gasteiger partial charge on any atom is 0.119 e. The van der Waals surface area contributed by atoms with Crippen LogP contribution >= 0.6 is 0 Å². The molecule has 0 amide bonds. The topological polar surface area (TPSA) is 20.2 Å². The number of benzene rings is 1. The molecule has 0 radical (unpaired) electrons. The van der Waals surface area contributed by atoms with E-state index in [1.54, 1.807) is 0 Å². The highest BCUT2D eigenvalue weighted by Crippen LogP contribution is 2.40. The lowest BCUT2D eigenvalue weighted by Gasteiger charge is -2.28. The second-order valence-electron chi connectivity index (χ2n) is 6.52. The van der Waals surface area contributed by atoms with Crippen molar-refractivity contribution in [2.45, 2.75) is 65.7 Å². The summed E-state index contributed by atoms with van der Waals surface area (Å²) in [5, 5.41) is 10.1. The van der Waals surface area contributed by atoms with E-state index in [9.17, 15) is 5.11 Å². The van der Waals surface area contributed by atoms with Gasteiger partial charge < -0.3 is 5.11 Å². The third kappa shape index (κ3) is 2.83. The van der Waals surface area contributed by atoms with Crippen LogP contribution in [0.15, 0.2) is 12.1 Å². The van der Waals surface area contributed by atoms with Crippen LogP contribution in [0.25, 0.3) is 0 Å². The van der Waals surface area contributed by atoms with Crippen molar-refractivity contribution in [3.63, 3.8) is 0 Å². The van der Waals surface area contributed by atoms with E-state index < -0.39 is 0 Å². The Morgan fingerprint density at radius 1 is 0.882 bits per heavy atom. The van der Waals surface area contributed by atoms with E-state index in [0.717, 1.165) is 5.56 Å². The maximum atomic E-state index is 10.1. The van der Waals surface area contributed by atoms with Crippen molar-refractivity contribution in [3.8, 4) is 5.75 Å². The second kappa shape index (κ2) is 4.72. The molecule has 0 aliphatic carbocycles. The predicted octanol–water partition coefficient (Wildman–Crippen LogP) is 4.94. The SMILES string of the molecule is CC(C)c1c(O)ccc(C(C)(C)C)c1C(C)C. The Morgan fingerprint density at radius 2 is 1.35 bits per heavy atom. The third-order valence-corrected chi connectivity index (χ3v) is 3.23. The number of phenolic OH excluding ortho intramolecular Hbond substituents is 1. The van der Waals surface area contributed by atoms with Gasteiger partial charge in [0.05, 0.1) is 0 Å². The molecule has 0 spiro atoms. The molecular weight excluding hydrogens is 208 g/mol. The summed E-state index contributed by atoms with van der Waals surface area (Å²) in [6.45, 7) is 15.4. The van der Waals surface area contributed by atoms with Crippen LogP contribution in [0.2, 0.25) is 0 Å². The highest BCUT2D eigenvalue weighted by Gasteiger charge is 2.24. The first kappa shape index (κ1) is 14.1. The van der Waals surface area contributed by atoms with E-state index in [0.29, 0.717) is 17.6 Å². The Morgan fingerprint density at radius 3 is 1.71 bits per heavy atom. The number of phenols is 1. The number of hydrogen-bond acceptors (Lipinski definition) is 1. The summed E-state index contributed by atoms with van der Waals surface area (Å²) < 4.78 is 0. The van der Waals surface area contributed by atoms with Gasteiger partial charge in [-0.3, -0.25) is 0 Å². The van der Waals surface area contributed by atoms with Gasteiger partial charge in [-0.25, -0.2) is 0 Å². The smallest absolute Gasteiger partial charge is 0.119 e. The Balaban J connectivity index is 3.60. The van der Waals surface area contributed by atoms with Gasteiger partial charge in [-0.05, 0) is 34.4 Å². The van der Waals surface area contributed by atoms with Gasteiger partial charge in [-0.2, -0.15) is 0 Å². The molecule has 1 aromatic carbocycles. The van der Waals surface area contributed by atoms with E-state index in [-0.39, 0.29) is 5.41 Å². The maximum absolute atomic E-state index is 10.1. The van der Waals surface area contributed by atoms with Crippen molar-refractivity contribution in [2.75, 3.05) is 0 Å². The van der Waals surface area contributed by atoms with Gasteiger partial charge in [0.15, 0.2) is 0 Å². The summed E-state index contributed by atoms with van der Waals surface area (Å²) in [6, 6.07) is 3.93. The van der Waals surface area contributed by atoms with Gasteiger partial charge in [-0.15, -0.1) is 0 Å². The average Bonchev–Trinajstić information content (AvgIpc) is 2.14. The monoisotopic (exact) mass is 234 g/mol. The minimum Gasteiger partial charge on any atom is -0.508 e. The highest BCUT2D eigenvalue weighted by molar-refractivity contribution is 5.50.